The molecule has 1 heterocycles. The lowest BCUT2D eigenvalue weighted by atomic mass is 10.3. The van der Waals surface area contributed by atoms with Crippen LogP contribution < -0.4 is 10.1 Å². The Morgan fingerprint density at radius 2 is 2.00 bits per heavy atom. The molecule has 1 aromatic heterocycles. The monoisotopic (exact) mass is 415 g/mol. The van der Waals surface area contributed by atoms with Crippen molar-refractivity contribution in [2.75, 3.05) is 20.3 Å². The zero-order valence-corrected chi connectivity index (χ0v) is 14.5. The summed E-state index contributed by atoms with van der Waals surface area (Å²) >= 11 is 2.24. The number of hydrogen-bond acceptors (Lipinski definition) is 4. The Hall–Kier alpha value is -1.54. The molecule has 2 rings (SSSR count). The minimum Gasteiger partial charge on any atom is -0.486 e. The van der Waals surface area contributed by atoms with Crippen LogP contribution in [0.5, 0.6) is 5.75 Å². The molecule has 5 nitrogen and oxygen atoms in total. The van der Waals surface area contributed by atoms with Gasteiger partial charge in [0, 0.05) is 23.8 Å². The summed E-state index contributed by atoms with van der Waals surface area (Å²) in [7, 11) is 1.63. The second-order valence-corrected chi connectivity index (χ2v) is 5.86. The van der Waals surface area contributed by atoms with E-state index in [1.807, 2.05) is 24.3 Å². The van der Waals surface area contributed by atoms with Crippen molar-refractivity contribution in [1.82, 2.24) is 5.32 Å². The molecule has 0 fully saturated rings. The summed E-state index contributed by atoms with van der Waals surface area (Å²) in [5.41, 5.74) is 0. The van der Waals surface area contributed by atoms with Gasteiger partial charge in [-0.15, -0.1) is 0 Å². The molecule has 2 aromatic rings. The number of ether oxygens (including phenoxy) is 2. The van der Waals surface area contributed by atoms with Crippen LogP contribution in [0, 0.1) is 3.57 Å². The molecule has 0 radical (unpaired) electrons. The molecular weight excluding hydrogens is 397 g/mol. The van der Waals surface area contributed by atoms with Gasteiger partial charge in [-0.1, -0.05) is 0 Å². The first-order valence-electron chi connectivity index (χ1n) is 6.93. The van der Waals surface area contributed by atoms with E-state index in [9.17, 15) is 4.79 Å². The van der Waals surface area contributed by atoms with Crippen molar-refractivity contribution in [2.45, 2.75) is 13.0 Å². The van der Waals surface area contributed by atoms with E-state index in [-0.39, 0.29) is 12.5 Å². The number of rotatable bonds is 8. The third-order valence-electron chi connectivity index (χ3n) is 2.89. The Balaban J connectivity index is 1.80. The molecular formula is C16H18INO4. The average molecular weight is 415 g/mol. The molecule has 0 bridgehead atoms. The van der Waals surface area contributed by atoms with Gasteiger partial charge in [-0.2, -0.15) is 0 Å². The van der Waals surface area contributed by atoms with Crippen molar-refractivity contribution in [2.24, 2.45) is 0 Å². The van der Waals surface area contributed by atoms with Gasteiger partial charge in [-0.3, -0.25) is 4.79 Å². The molecule has 0 saturated heterocycles. The second-order valence-electron chi connectivity index (χ2n) is 4.61. The third-order valence-corrected chi connectivity index (χ3v) is 3.61. The topological polar surface area (TPSA) is 60.7 Å². The summed E-state index contributed by atoms with van der Waals surface area (Å²) in [5, 5.41) is 2.77. The maximum Gasteiger partial charge on any atom is 0.286 e. The number of methoxy groups -OCH3 is 1. The largest absolute Gasteiger partial charge is 0.486 e. The van der Waals surface area contributed by atoms with Crippen LogP contribution >= 0.6 is 22.6 Å². The van der Waals surface area contributed by atoms with Crippen LogP contribution in [-0.2, 0) is 11.3 Å². The SMILES string of the molecule is COCCCNC(=O)c1ccc(COc2ccc(I)cc2)o1. The van der Waals surface area contributed by atoms with Crippen molar-refractivity contribution in [3.8, 4) is 5.75 Å². The number of halogens is 1. The second kappa shape index (κ2) is 8.79. The number of carbonyl (C=O) groups is 1. The summed E-state index contributed by atoms with van der Waals surface area (Å²) in [5.74, 6) is 1.44. The first-order valence-corrected chi connectivity index (χ1v) is 8.01. The van der Waals surface area contributed by atoms with Crippen LogP contribution in [0.25, 0.3) is 0 Å². The van der Waals surface area contributed by atoms with Crippen molar-refractivity contribution < 1.29 is 18.7 Å². The van der Waals surface area contributed by atoms with E-state index in [1.165, 1.54) is 0 Å². The first kappa shape index (κ1) is 16.8. The van der Waals surface area contributed by atoms with Crippen LogP contribution in [0.2, 0.25) is 0 Å². The molecule has 0 aliphatic heterocycles. The van der Waals surface area contributed by atoms with Gasteiger partial charge in [-0.05, 0) is 65.4 Å². The Labute approximate surface area is 143 Å². The van der Waals surface area contributed by atoms with Crippen molar-refractivity contribution >= 4 is 28.5 Å². The number of amides is 1. The highest BCUT2D eigenvalue weighted by Crippen LogP contribution is 2.16. The fourth-order valence-electron chi connectivity index (χ4n) is 1.77. The lowest BCUT2D eigenvalue weighted by molar-refractivity contribution is 0.0917. The zero-order chi connectivity index (χ0) is 15.8. The summed E-state index contributed by atoms with van der Waals surface area (Å²) in [6.45, 7) is 1.47. The highest BCUT2D eigenvalue weighted by atomic mass is 127. The average Bonchev–Trinajstić information content (AvgIpc) is 3.00. The standard InChI is InChI=1S/C16H18INO4/c1-20-10-2-9-18-16(19)15-8-7-14(22-15)11-21-13-5-3-12(17)4-6-13/h3-8H,2,9-11H2,1H3,(H,18,19). The maximum absolute atomic E-state index is 11.8. The van der Waals surface area contributed by atoms with Gasteiger partial charge >= 0.3 is 0 Å². The Bertz CT molecular complexity index is 594. The van der Waals surface area contributed by atoms with E-state index in [1.54, 1.807) is 19.2 Å². The lowest BCUT2D eigenvalue weighted by Gasteiger charge is -2.04. The molecule has 22 heavy (non-hydrogen) atoms. The number of furan rings is 1. The molecule has 0 saturated carbocycles. The van der Waals surface area contributed by atoms with Gasteiger partial charge in [0.25, 0.3) is 5.91 Å². The first-order chi connectivity index (χ1) is 10.7. The Kier molecular flexibility index (Phi) is 6.73. The smallest absolute Gasteiger partial charge is 0.286 e. The molecule has 118 valence electrons. The minimum atomic E-state index is -0.225. The molecule has 1 N–H and O–H groups in total. The number of benzene rings is 1. The van der Waals surface area contributed by atoms with Gasteiger partial charge in [0.05, 0.1) is 0 Å². The molecule has 0 unspecified atom stereocenters. The summed E-state index contributed by atoms with van der Waals surface area (Å²) in [4.78, 5) is 11.8. The number of hydrogen-bond donors (Lipinski definition) is 1. The quantitative estimate of drug-likeness (QED) is 0.532. The van der Waals surface area contributed by atoms with Crippen LogP contribution in [0.15, 0.2) is 40.8 Å². The molecule has 0 aliphatic carbocycles. The van der Waals surface area contributed by atoms with Gasteiger partial charge in [0.15, 0.2) is 5.76 Å². The Morgan fingerprint density at radius 1 is 1.23 bits per heavy atom. The highest BCUT2D eigenvalue weighted by Gasteiger charge is 2.10. The van der Waals surface area contributed by atoms with E-state index in [0.717, 1.165) is 15.7 Å². The molecule has 1 aromatic carbocycles. The minimum absolute atomic E-state index is 0.225. The van der Waals surface area contributed by atoms with Crippen LogP contribution in [-0.4, -0.2) is 26.2 Å². The van der Waals surface area contributed by atoms with E-state index in [0.29, 0.717) is 24.7 Å². The van der Waals surface area contributed by atoms with Crippen LogP contribution in [0.4, 0.5) is 0 Å². The van der Waals surface area contributed by atoms with Gasteiger partial charge in [0.2, 0.25) is 0 Å². The maximum atomic E-state index is 11.8. The van der Waals surface area contributed by atoms with Crippen molar-refractivity contribution in [1.29, 1.82) is 0 Å². The van der Waals surface area contributed by atoms with Crippen molar-refractivity contribution in [3.05, 3.63) is 51.5 Å². The van der Waals surface area contributed by atoms with E-state index < -0.39 is 0 Å². The normalized spacial score (nSPS) is 10.5. The Morgan fingerprint density at radius 3 is 2.73 bits per heavy atom. The molecule has 0 aliphatic rings. The predicted octanol–water partition coefficient (Wildman–Crippen LogP) is 3.23. The molecule has 0 atom stereocenters. The third kappa shape index (κ3) is 5.34. The number of carbonyl (C=O) groups excluding carboxylic acids is 1. The molecule has 1 amide bonds. The van der Waals surface area contributed by atoms with Crippen molar-refractivity contribution in [3.63, 3.8) is 0 Å². The van der Waals surface area contributed by atoms with Crippen LogP contribution in [0.1, 0.15) is 22.7 Å². The van der Waals surface area contributed by atoms with Gasteiger partial charge in [0.1, 0.15) is 18.1 Å². The fraction of sp³-hybridized carbons (Fsp3) is 0.312. The molecule has 6 heteroatoms. The summed E-state index contributed by atoms with van der Waals surface area (Å²) in [6.07, 6.45) is 0.770. The van der Waals surface area contributed by atoms with E-state index in [4.69, 9.17) is 13.9 Å². The van der Waals surface area contributed by atoms with E-state index in [2.05, 4.69) is 27.9 Å². The number of nitrogens with one attached hydrogen (secondary N) is 1. The van der Waals surface area contributed by atoms with Gasteiger partial charge in [-0.25, -0.2) is 0 Å². The van der Waals surface area contributed by atoms with Gasteiger partial charge < -0.3 is 19.2 Å². The zero-order valence-electron chi connectivity index (χ0n) is 12.3. The van der Waals surface area contributed by atoms with E-state index >= 15 is 0 Å². The summed E-state index contributed by atoms with van der Waals surface area (Å²) < 4.78 is 17.2. The molecule has 0 spiro atoms. The summed E-state index contributed by atoms with van der Waals surface area (Å²) in [6, 6.07) is 11.1. The lowest BCUT2D eigenvalue weighted by Crippen LogP contribution is -2.24. The predicted molar refractivity (Wildman–Crippen MR) is 91.0 cm³/mol. The highest BCUT2D eigenvalue weighted by molar-refractivity contribution is 14.1. The fourth-order valence-corrected chi connectivity index (χ4v) is 2.13. The van der Waals surface area contributed by atoms with Crippen LogP contribution in [0.3, 0.4) is 0 Å².